The van der Waals surface area contributed by atoms with Crippen LogP contribution in [0.15, 0.2) is 42.2 Å². The third-order valence-electron chi connectivity index (χ3n) is 6.78. The van der Waals surface area contributed by atoms with Gasteiger partial charge in [-0.1, -0.05) is 25.8 Å². The van der Waals surface area contributed by atoms with E-state index in [0.717, 1.165) is 64.5 Å². The molecule has 1 aliphatic rings. The molecule has 2 N–H and O–H groups in total. The molecule has 0 radical (unpaired) electrons. The van der Waals surface area contributed by atoms with Gasteiger partial charge in [0.1, 0.15) is 17.8 Å². The van der Waals surface area contributed by atoms with Gasteiger partial charge in [-0.05, 0) is 56.3 Å². The molecule has 188 valence electrons. The number of fused-ring (bicyclic) bond motifs is 2. The number of rotatable bonds is 10. The van der Waals surface area contributed by atoms with Gasteiger partial charge < -0.3 is 20.1 Å². The first-order valence-corrected chi connectivity index (χ1v) is 13.6. The van der Waals surface area contributed by atoms with Crippen molar-refractivity contribution in [2.75, 3.05) is 38.5 Å². The van der Waals surface area contributed by atoms with Crippen LogP contribution in [-0.4, -0.2) is 68.9 Å². The van der Waals surface area contributed by atoms with Crippen LogP contribution >= 0.6 is 11.3 Å². The second-order valence-corrected chi connectivity index (χ2v) is 10.3. The minimum absolute atomic E-state index is 0.236. The summed E-state index contributed by atoms with van der Waals surface area (Å²) in [6.07, 6.45) is 8.81. The van der Waals surface area contributed by atoms with Crippen LogP contribution in [0, 0.1) is 0 Å². The molecule has 5 rings (SSSR count). The van der Waals surface area contributed by atoms with Gasteiger partial charge in [0.2, 0.25) is 5.91 Å². The summed E-state index contributed by atoms with van der Waals surface area (Å²) in [5.74, 6) is 1.00. The molecule has 0 saturated carbocycles. The number of carbonyl (C=O) groups excluding carboxylic acids is 1. The summed E-state index contributed by atoms with van der Waals surface area (Å²) in [4.78, 5) is 33.7. The van der Waals surface area contributed by atoms with E-state index in [-0.39, 0.29) is 5.91 Å². The summed E-state index contributed by atoms with van der Waals surface area (Å²) < 4.78 is 1.13. The minimum Gasteiger partial charge on any atom is -0.340 e. The fourth-order valence-corrected chi connectivity index (χ4v) is 5.33. The highest BCUT2D eigenvalue weighted by molar-refractivity contribution is 7.16. The Morgan fingerprint density at radius 1 is 1.19 bits per heavy atom. The van der Waals surface area contributed by atoms with E-state index in [1.54, 1.807) is 17.7 Å². The fourth-order valence-electron chi connectivity index (χ4n) is 4.61. The van der Waals surface area contributed by atoms with Crippen LogP contribution in [0.25, 0.3) is 26.8 Å². The number of hydrogen-bond donors (Lipinski definition) is 2. The first-order chi connectivity index (χ1) is 17.6. The molecule has 1 amide bonds. The zero-order valence-corrected chi connectivity index (χ0v) is 21.8. The van der Waals surface area contributed by atoms with Crippen LogP contribution in [0.2, 0.25) is 0 Å². The van der Waals surface area contributed by atoms with Gasteiger partial charge in [-0.25, -0.2) is 15.0 Å². The number of aromatic nitrogens is 4. The number of aromatic amines is 1. The van der Waals surface area contributed by atoms with Crippen LogP contribution in [0.5, 0.6) is 0 Å². The summed E-state index contributed by atoms with van der Waals surface area (Å²) in [5.41, 5.74) is 6.87. The molecule has 3 aromatic heterocycles. The molecule has 0 spiro atoms. The predicted molar refractivity (Wildman–Crippen MR) is 148 cm³/mol. The second-order valence-electron chi connectivity index (χ2n) is 9.41. The molecular weight excluding hydrogens is 470 g/mol. The summed E-state index contributed by atoms with van der Waals surface area (Å²) in [5, 5.41) is 4.38. The van der Waals surface area contributed by atoms with Gasteiger partial charge in [0.15, 0.2) is 0 Å². The maximum atomic E-state index is 12.7. The van der Waals surface area contributed by atoms with E-state index in [2.05, 4.69) is 62.3 Å². The molecule has 0 saturated heterocycles. The number of amides is 1. The van der Waals surface area contributed by atoms with Crippen molar-refractivity contribution in [3.63, 3.8) is 0 Å². The molecule has 1 aromatic carbocycles. The number of nitrogens with zero attached hydrogens (tertiary/aromatic N) is 5. The third-order valence-corrected chi connectivity index (χ3v) is 7.57. The molecule has 0 fully saturated rings. The first kappa shape index (κ1) is 24.4. The molecule has 0 atom stereocenters. The highest BCUT2D eigenvalue weighted by Gasteiger charge is 2.20. The lowest BCUT2D eigenvalue weighted by atomic mass is 10.0. The Bertz CT molecular complexity index is 1370. The largest absolute Gasteiger partial charge is 0.340 e. The number of H-pyrrole nitrogens is 1. The van der Waals surface area contributed by atoms with E-state index in [1.165, 1.54) is 24.8 Å². The highest BCUT2D eigenvalue weighted by Crippen LogP contribution is 2.30. The van der Waals surface area contributed by atoms with E-state index < -0.39 is 0 Å². The van der Waals surface area contributed by atoms with Gasteiger partial charge in [-0.3, -0.25) is 4.79 Å². The summed E-state index contributed by atoms with van der Waals surface area (Å²) in [7, 11) is 2.11. The number of thiazole rings is 1. The van der Waals surface area contributed by atoms with Gasteiger partial charge in [0, 0.05) is 37.4 Å². The quantitative estimate of drug-likeness (QED) is 0.280. The SMILES string of the molecule is CCCCCN(C)CCC(=O)N1CC=C(c2cc3c(Nc4ccc5ncsc5c4)ncnc3[nH]2)CC1. The molecule has 4 heterocycles. The van der Waals surface area contributed by atoms with E-state index in [0.29, 0.717) is 13.0 Å². The van der Waals surface area contributed by atoms with Crippen LogP contribution in [0.1, 0.15) is 44.7 Å². The number of benzene rings is 1. The Balaban J connectivity index is 1.23. The average molecular weight is 504 g/mol. The lowest BCUT2D eigenvalue weighted by molar-refractivity contribution is -0.131. The maximum absolute atomic E-state index is 12.7. The smallest absolute Gasteiger partial charge is 0.224 e. The number of anilines is 2. The monoisotopic (exact) mass is 503 g/mol. The number of hydrogen-bond acceptors (Lipinski definition) is 7. The number of unbranched alkanes of at least 4 members (excludes halogenated alkanes) is 2. The Morgan fingerprint density at radius 2 is 2.11 bits per heavy atom. The van der Waals surface area contributed by atoms with Crippen molar-refractivity contribution in [1.82, 2.24) is 29.7 Å². The summed E-state index contributed by atoms with van der Waals surface area (Å²) in [6, 6.07) is 8.23. The molecule has 36 heavy (non-hydrogen) atoms. The molecule has 4 aromatic rings. The van der Waals surface area contributed by atoms with Crippen LogP contribution in [0.3, 0.4) is 0 Å². The Kier molecular flexibility index (Phi) is 7.58. The van der Waals surface area contributed by atoms with Crippen molar-refractivity contribution in [2.24, 2.45) is 0 Å². The third kappa shape index (κ3) is 5.57. The highest BCUT2D eigenvalue weighted by atomic mass is 32.1. The van der Waals surface area contributed by atoms with Gasteiger partial charge >= 0.3 is 0 Å². The second kappa shape index (κ2) is 11.2. The Morgan fingerprint density at radius 3 is 2.94 bits per heavy atom. The van der Waals surface area contributed by atoms with Gasteiger partial charge in [-0.2, -0.15) is 0 Å². The number of nitrogens with one attached hydrogen (secondary N) is 2. The zero-order valence-electron chi connectivity index (χ0n) is 21.0. The minimum atomic E-state index is 0.236. The van der Waals surface area contributed by atoms with Crippen LogP contribution in [0.4, 0.5) is 11.5 Å². The fraction of sp³-hybridized carbons (Fsp3) is 0.407. The molecule has 9 heteroatoms. The molecule has 0 bridgehead atoms. The van der Waals surface area contributed by atoms with Gasteiger partial charge in [-0.15, -0.1) is 11.3 Å². The van der Waals surface area contributed by atoms with Gasteiger partial charge in [0.05, 0.1) is 21.1 Å². The van der Waals surface area contributed by atoms with Crippen molar-refractivity contribution >= 4 is 55.6 Å². The van der Waals surface area contributed by atoms with E-state index in [9.17, 15) is 4.79 Å². The Hall–Kier alpha value is -3.30. The number of carbonyl (C=O) groups is 1. The molecular formula is C27H33N7OS. The summed E-state index contributed by atoms with van der Waals surface area (Å²) >= 11 is 1.62. The summed E-state index contributed by atoms with van der Waals surface area (Å²) in [6.45, 7) is 5.48. The van der Waals surface area contributed by atoms with Gasteiger partial charge in [0.25, 0.3) is 0 Å². The molecule has 0 aliphatic carbocycles. The van der Waals surface area contributed by atoms with Crippen molar-refractivity contribution in [3.05, 3.63) is 47.9 Å². The van der Waals surface area contributed by atoms with Crippen LogP contribution in [-0.2, 0) is 4.79 Å². The molecule has 8 nitrogen and oxygen atoms in total. The molecule has 0 unspecified atom stereocenters. The molecule has 1 aliphatic heterocycles. The van der Waals surface area contributed by atoms with Crippen molar-refractivity contribution in [3.8, 4) is 0 Å². The van der Waals surface area contributed by atoms with E-state index >= 15 is 0 Å². The van der Waals surface area contributed by atoms with Crippen molar-refractivity contribution in [1.29, 1.82) is 0 Å². The van der Waals surface area contributed by atoms with Crippen molar-refractivity contribution in [2.45, 2.75) is 39.0 Å². The maximum Gasteiger partial charge on any atom is 0.224 e. The zero-order chi connectivity index (χ0) is 24.9. The normalized spacial score (nSPS) is 14.1. The Labute approximate surface area is 215 Å². The van der Waals surface area contributed by atoms with Crippen LogP contribution < -0.4 is 5.32 Å². The first-order valence-electron chi connectivity index (χ1n) is 12.7. The lowest BCUT2D eigenvalue weighted by Crippen LogP contribution is -2.36. The average Bonchev–Trinajstić information content (AvgIpc) is 3.55. The predicted octanol–water partition coefficient (Wildman–Crippen LogP) is 5.44. The topological polar surface area (TPSA) is 90.0 Å². The lowest BCUT2D eigenvalue weighted by Gasteiger charge is -2.27. The van der Waals surface area contributed by atoms with E-state index in [4.69, 9.17) is 0 Å². The standard InChI is InChI=1S/C27H33N7OS/c1-3-4-5-11-33(2)12-10-25(35)34-13-8-19(9-14-34)23-16-21-26(28-17-29-27(21)32-23)31-20-6-7-22-24(15-20)36-18-30-22/h6-8,15-18H,3-5,9-14H2,1-2H3,(H2,28,29,31,32). The van der Waals surface area contributed by atoms with E-state index in [1.807, 2.05) is 22.5 Å². The van der Waals surface area contributed by atoms with Crippen molar-refractivity contribution < 1.29 is 4.79 Å².